The first-order valence-corrected chi connectivity index (χ1v) is 12.3. The first-order valence-electron chi connectivity index (χ1n) is 10.4. The van der Waals surface area contributed by atoms with Gasteiger partial charge in [-0.25, -0.2) is 13.1 Å². The van der Waals surface area contributed by atoms with E-state index in [2.05, 4.69) is 15.4 Å². The van der Waals surface area contributed by atoms with E-state index in [0.29, 0.717) is 0 Å². The van der Waals surface area contributed by atoms with Crippen LogP contribution in [0, 0.1) is 6.92 Å². The molecule has 1 amide bonds. The minimum absolute atomic E-state index is 0.00637. The molecule has 3 aromatic rings. The van der Waals surface area contributed by atoms with E-state index in [9.17, 15) is 31.2 Å². The van der Waals surface area contributed by atoms with E-state index >= 15 is 0 Å². The number of nitrogens with zero attached hydrogens (tertiary/aromatic N) is 3. The lowest BCUT2D eigenvalue weighted by Gasteiger charge is -2.22. The van der Waals surface area contributed by atoms with Gasteiger partial charge in [0.2, 0.25) is 15.9 Å². The van der Waals surface area contributed by atoms with Crippen molar-refractivity contribution in [3.63, 3.8) is 0 Å². The molecule has 2 heterocycles. The van der Waals surface area contributed by atoms with Gasteiger partial charge in [0.25, 0.3) is 5.56 Å². The molecule has 0 aliphatic heterocycles. The topological polar surface area (TPSA) is 123 Å². The normalized spacial score (nSPS) is 13.7. The molecule has 36 heavy (non-hydrogen) atoms. The Labute approximate surface area is 209 Å². The Morgan fingerprint density at radius 2 is 1.92 bits per heavy atom. The van der Waals surface area contributed by atoms with Crippen molar-refractivity contribution >= 4 is 33.2 Å². The summed E-state index contributed by atoms with van der Waals surface area (Å²) in [5.41, 5.74) is -0.427. The Bertz CT molecular complexity index is 1420. The Morgan fingerprint density at radius 1 is 1.19 bits per heavy atom. The summed E-state index contributed by atoms with van der Waals surface area (Å²) in [5, 5.41) is 6.33. The van der Waals surface area contributed by atoms with Gasteiger partial charge in [0.1, 0.15) is 12.1 Å². The largest absolute Gasteiger partial charge is 0.405 e. The molecule has 0 bridgehead atoms. The highest BCUT2D eigenvalue weighted by Crippen LogP contribution is 2.27. The summed E-state index contributed by atoms with van der Waals surface area (Å²) in [5.74, 6) is -0.713. The van der Waals surface area contributed by atoms with Crippen LogP contribution in [0.15, 0.2) is 64.5 Å². The zero-order valence-electron chi connectivity index (χ0n) is 19.0. The van der Waals surface area contributed by atoms with E-state index in [-0.39, 0.29) is 22.0 Å². The molecule has 3 rings (SSSR count). The molecule has 2 aromatic heterocycles. The number of halogens is 4. The van der Waals surface area contributed by atoms with Crippen LogP contribution in [-0.2, 0) is 21.2 Å². The molecule has 0 spiro atoms. The molecule has 14 heteroatoms. The Hall–Kier alpha value is -3.29. The van der Waals surface area contributed by atoms with Gasteiger partial charge in [-0.15, -0.1) is 0 Å². The smallest absolute Gasteiger partial charge is 0.324 e. The molecule has 0 aliphatic carbocycles. The Balaban J connectivity index is 1.85. The van der Waals surface area contributed by atoms with Crippen molar-refractivity contribution in [2.75, 3.05) is 5.32 Å². The fourth-order valence-corrected chi connectivity index (χ4v) is 4.84. The number of hydrogen-bond donors (Lipinski definition) is 2. The molecule has 0 unspecified atom stereocenters. The van der Waals surface area contributed by atoms with E-state index in [0.717, 1.165) is 16.8 Å². The maximum absolute atomic E-state index is 13.7. The number of anilines is 1. The average Bonchev–Trinajstić information content (AvgIpc) is 2.79. The van der Waals surface area contributed by atoms with Crippen LogP contribution in [-0.4, -0.2) is 41.3 Å². The highest BCUT2D eigenvalue weighted by Gasteiger charge is 2.42. The Kier molecular flexibility index (Phi) is 8.16. The fraction of sp³-hybridized carbons (Fsp3) is 0.273. The van der Waals surface area contributed by atoms with Crippen LogP contribution in [0.5, 0.6) is 0 Å². The van der Waals surface area contributed by atoms with E-state index in [4.69, 9.17) is 11.6 Å². The molecule has 9 nitrogen and oxygen atoms in total. The average molecular weight is 544 g/mol. The van der Waals surface area contributed by atoms with Crippen molar-refractivity contribution in [1.82, 2.24) is 19.5 Å². The van der Waals surface area contributed by atoms with Crippen LogP contribution >= 0.6 is 11.6 Å². The zero-order chi connectivity index (χ0) is 26.7. The molecule has 2 N–H and O–H groups in total. The summed E-state index contributed by atoms with van der Waals surface area (Å²) in [6, 6.07) is 5.68. The maximum Gasteiger partial charge on any atom is 0.405 e. The molecule has 0 saturated heterocycles. The first kappa shape index (κ1) is 27.3. The number of benzene rings is 1. The van der Waals surface area contributed by atoms with E-state index in [1.165, 1.54) is 56.6 Å². The lowest BCUT2D eigenvalue weighted by atomic mass is 10.1. The monoisotopic (exact) mass is 543 g/mol. The number of carbonyl (C=O) groups is 1. The minimum Gasteiger partial charge on any atom is -0.324 e. The molecule has 0 saturated carbocycles. The van der Waals surface area contributed by atoms with Crippen molar-refractivity contribution in [3.8, 4) is 0 Å². The van der Waals surface area contributed by atoms with Gasteiger partial charge in [0, 0.05) is 30.1 Å². The number of hydrogen-bond acceptors (Lipinski definition) is 6. The predicted octanol–water partition coefficient (Wildman–Crippen LogP) is 3.25. The highest BCUT2D eigenvalue weighted by molar-refractivity contribution is 7.89. The second kappa shape index (κ2) is 10.8. The van der Waals surface area contributed by atoms with Gasteiger partial charge in [0.05, 0.1) is 16.1 Å². The number of alkyl halides is 3. The summed E-state index contributed by atoms with van der Waals surface area (Å²) in [6.45, 7) is 2.79. The number of aryl methyl sites for hydroxylation is 1. The van der Waals surface area contributed by atoms with Crippen LogP contribution < -0.4 is 15.6 Å². The molecule has 0 fully saturated rings. The zero-order valence-corrected chi connectivity index (χ0v) is 20.5. The number of rotatable bonds is 8. The third-order valence-corrected chi connectivity index (χ3v) is 6.94. The summed E-state index contributed by atoms with van der Waals surface area (Å²) in [7, 11) is -4.67. The van der Waals surface area contributed by atoms with Crippen LogP contribution in [0.4, 0.5) is 18.9 Å². The minimum atomic E-state index is -4.89. The maximum atomic E-state index is 13.7. The quantitative estimate of drug-likeness (QED) is 0.449. The SMILES string of the molecule is Cc1ccc(NC(=O)[C@@H](C)n2ncc(Cl)cc2=O)cc1S(=O)(=O)N[C@@H](Cc1ccccn1)C(F)(F)F. The highest BCUT2D eigenvalue weighted by atomic mass is 35.5. The lowest BCUT2D eigenvalue weighted by molar-refractivity contribution is -0.151. The van der Waals surface area contributed by atoms with Crippen molar-refractivity contribution < 1.29 is 26.4 Å². The number of pyridine rings is 1. The molecule has 0 radical (unpaired) electrons. The van der Waals surface area contributed by atoms with Gasteiger partial charge in [-0.05, 0) is 43.7 Å². The van der Waals surface area contributed by atoms with Crippen LogP contribution in [0.1, 0.15) is 24.2 Å². The van der Waals surface area contributed by atoms with Crippen molar-refractivity contribution in [2.45, 2.75) is 43.4 Å². The van der Waals surface area contributed by atoms with Gasteiger partial charge in [-0.2, -0.15) is 23.0 Å². The third kappa shape index (κ3) is 6.68. The number of aromatic nitrogens is 3. The summed E-state index contributed by atoms with van der Waals surface area (Å²) >= 11 is 5.70. The molecule has 0 aliphatic rings. The van der Waals surface area contributed by atoms with E-state index < -0.39 is 51.1 Å². The standard InChI is InChI=1S/C22H21ClF3N5O4S/c1-13-6-7-17(29-21(33)14(2)31-20(32)9-15(23)12-28-31)10-18(13)36(34,35)30-19(22(24,25)26)11-16-5-3-4-8-27-16/h3-10,12,14,19,30H,11H2,1-2H3,(H,29,33)/t14-,19+/m1/s1. The summed E-state index contributed by atoms with van der Waals surface area (Å²) in [4.78, 5) is 28.1. The van der Waals surface area contributed by atoms with Gasteiger partial charge in [-0.1, -0.05) is 23.7 Å². The van der Waals surface area contributed by atoms with Crippen LogP contribution in [0.25, 0.3) is 0 Å². The van der Waals surface area contributed by atoms with E-state index in [1.54, 1.807) is 4.72 Å². The Morgan fingerprint density at radius 3 is 2.53 bits per heavy atom. The van der Waals surface area contributed by atoms with Crippen LogP contribution in [0.2, 0.25) is 5.02 Å². The fourth-order valence-electron chi connectivity index (χ4n) is 3.21. The summed E-state index contributed by atoms with van der Waals surface area (Å²) < 4.78 is 69.5. The van der Waals surface area contributed by atoms with Gasteiger partial charge < -0.3 is 5.32 Å². The number of sulfonamides is 1. The van der Waals surface area contributed by atoms with Gasteiger partial charge in [-0.3, -0.25) is 14.6 Å². The lowest BCUT2D eigenvalue weighted by Crippen LogP contribution is -2.47. The number of nitrogens with one attached hydrogen (secondary N) is 2. The van der Waals surface area contributed by atoms with Gasteiger partial charge in [0.15, 0.2) is 0 Å². The van der Waals surface area contributed by atoms with E-state index in [1.807, 2.05) is 0 Å². The van der Waals surface area contributed by atoms with Gasteiger partial charge >= 0.3 is 6.18 Å². The van der Waals surface area contributed by atoms with Crippen molar-refractivity contribution in [3.05, 3.63) is 81.5 Å². The van der Waals surface area contributed by atoms with Crippen molar-refractivity contribution in [1.29, 1.82) is 0 Å². The second-order valence-corrected chi connectivity index (χ2v) is 9.96. The summed E-state index contributed by atoms with van der Waals surface area (Å²) in [6.07, 6.45) is -3.11. The van der Waals surface area contributed by atoms with Crippen LogP contribution in [0.3, 0.4) is 0 Å². The number of carbonyl (C=O) groups excluding carboxylic acids is 1. The number of amides is 1. The molecular weight excluding hydrogens is 523 g/mol. The predicted molar refractivity (Wildman–Crippen MR) is 126 cm³/mol. The molecule has 1 aromatic carbocycles. The molecule has 2 atom stereocenters. The molecular formula is C22H21ClF3N5O4S. The molecule has 192 valence electrons. The first-order chi connectivity index (χ1) is 16.8. The van der Waals surface area contributed by atoms with Crippen molar-refractivity contribution in [2.24, 2.45) is 0 Å². The second-order valence-electron chi connectivity index (χ2n) is 7.84. The third-order valence-electron chi connectivity index (χ3n) is 5.12.